The highest BCUT2D eigenvalue weighted by molar-refractivity contribution is 5.85. The molecule has 9 heavy (non-hydrogen) atoms. The van der Waals surface area contributed by atoms with Gasteiger partial charge in [0.05, 0.1) is 6.61 Å². The van der Waals surface area contributed by atoms with Crippen molar-refractivity contribution in [3.63, 3.8) is 0 Å². The molecule has 2 nitrogen and oxygen atoms in total. The maximum absolute atomic E-state index is 5.70. The van der Waals surface area contributed by atoms with Gasteiger partial charge in [0.2, 0.25) is 0 Å². The Morgan fingerprint density at radius 2 is 2.22 bits per heavy atom. The summed E-state index contributed by atoms with van der Waals surface area (Å²) in [5, 5.41) is 0. The molecule has 2 N–H and O–H groups in total. The lowest BCUT2D eigenvalue weighted by Gasteiger charge is -2.24. The van der Waals surface area contributed by atoms with Crippen LogP contribution in [0.5, 0.6) is 0 Å². The zero-order valence-corrected chi connectivity index (χ0v) is 6.49. The fraction of sp³-hybridized carbons (Fsp3) is 1.00. The standard InChI is InChI=1S/C6H13NO.ClH/c1-5-4-8-3-2-6(5)7;/h5-6H,2-4,7H2,1H3;1H/t5-,6+;/m0./s1. The van der Waals surface area contributed by atoms with Crippen molar-refractivity contribution in [2.45, 2.75) is 19.4 Å². The van der Waals surface area contributed by atoms with Gasteiger partial charge < -0.3 is 10.5 Å². The molecule has 0 spiro atoms. The Labute approximate surface area is 62.2 Å². The molecule has 0 saturated carbocycles. The normalized spacial score (nSPS) is 35.3. The molecule has 1 aliphatic rings. The van der Waals surface area contributed by atoms with Gasteiger partial charge in [0, 0.05) is 12.6 Å². The van der Waals surface area contributed by atoms with Crippen molar-refractivity contribution in [3.8, 4) is 0 Å². The molecule has 0 unspecified atom stereocenters. The van der Waals surface area contributed by atoms with E-state index in [0.717, 1.165) is 19.6 Å². The van der Waals surface area contributed by atoms with Crippen LogP contribution in [0.15, 0.2) is 0 Å². The zero-order valence-electron chi connectivity index (χ0n) is 5.67. The summed E-state index contributed by atoms with van der Waals surface area (Å²) < 4.78 is 5.17. The van der Waals surface area contributed by atoms with Gasteiger partial charge in [-0.15, -0.1) is 12.4 Å². The molecule has 2 atom stereocenters. The maximum atomic E-state index is 5.70. The minimum absolute atomic E-state index is 0. The molecule has 1 fully saturated rings. The lowest BCUT2D eigenvalue weighted by atomic mass is 9.99. The lowest BCUT2D eigenvalue weighted by Crippen LogP contribution is -2.36. The largest absolute Gasteiger partial charge is 0.381 e. The molecular formula is C6H14ClNO. The second kappa shape index (κ2) is 4.09. The molecule has 1 aliphatic heterocycles. The number of ether oxygens (including phenoxy) is 1. The lowest BCUT2D eigenvalue weighted by molar-refractivity contribution is 0.0491. The number of hydrogen-bond donors (Lipinski definition) is 1. The molecular weight excluding hydrogens is 138 g/mol. The minimum Gasteiger partial charge on any atom is -0.381 e. The zero-order chi connectivity index (χ0) is 5.98. The molecule has 0 aromatic heterocycles. The van der Waals surface area contributed by atoms with Gasteiger partial charge in [-0.1, -0.05) is 6.92 Å². The van der Waals surface area contributed by atoms with Crippen LogP contribution in [0.4, 0.5) is 0 Å². The predicted octanol–water partition coefficient (Wildman–Crippen LogP) is 0.792. The summed E-state index contributed by atoms with van der Waals surface area (Å²) >= 11 is 0. The summed E-state index contributed by atoms with van der Waals surface area (Å²) in [5.74, 6) is 0.559. The summed E-state index contributed by atoms with van der Waals surface area (Å²) in [5.41, 5.74) is 5.70. The highest BCUT2D eigenvalue weighted by Gasteiger charge is 2.16. The van der Waals surface area contributed by atoms with Crippen molar-refractivity contribution in [3.05, 3.63) is 0 Å². The van der Waals surface area contributed by atoms with Crippen molar-refractivity contribution in [2.75, 3.05) is 13.2 Å². The summed E-state index contributed by atoms with van der Waals surface area (Å²) in [6, 6.07) is 0.378. The van der Waals surface area contributed by atoms with Crippen LogP contribution in [0, 0.1) is 5.92 Å². The maximum Gasteiger partial charge on any atom is 0.0506 e. The monoisotopic (exact) mass is 151 g/mol. The van der Waals surface area contributed by atoms with Crippen LogP contribution < -0.4 is 5.73 Å². The average Bonchev–Trinajstić information content (AvgIpc) is 1.77. The van der Waals surface area contributed by atoms with Crippen molar-refractivity contribution in [1.29, 1.82) is 0 Å². The van der Waals surface area contributed by atoms with Crippen LogP contribution in [0.2, 0.25) is 0 Å². The molecule has 0 aromatic carbocycles. The highest BCUT2D eigenvalue weighted by atomic mass is 35.5. The van der Waals surface area contributed by atoms with Crippen LogP contribution in [-0.2, 0) is 4.74 Å². The second-order valence-electron chi connectivity index (χ2n) is 2.50. The molecule has 1 rings (SSSR count). The van der Waals surface area contributed by atoms with Gasteiger partial charge in [-0.25, -0.2) is 0 Å². The van der Waals surface area contributed by atoms with Crippen LogP contribution in [-0.4, -0.2) is 19.3 Å². The summed E-state index contributed by atoms with van der Waals surface area (Å²) in [6.45, 7) is 3.83. The average molecular weight is 152 g/mol. The first-order chi connectivity index (χ1) is 3.80. The predicted molar refractivity (Wildman–Crippen MR) is 39.8 cm³/mol. The summed E-state index contributed by atoms with van der Waals surface area (Å²) in [6.07, 6.45) is 1.03. The molecule has 0 radical (unpaired) electrons. The van der Waals surface area contributed by atoms with E-state index >= 15 is 0 Å². The Bertz CT molecular complexity index is 69.5. The van der Waals surface area contributed by atoms with E-state index in [1.54, 1.807) is 0 Å². The van der Waals surface area contributed by atoms with Crippen molar-refractivity contribution >= 4 is 12.4 Å². The number of hydrogen-bond acceptors (Lipinski definition) is 2. The van der Waals surface area contributed by atoms with Crippen LogP contribution in [0.3, 0.4) is 0 Å². The minimum atomic E-state index is 0. The van der Waals surface area contributed by atoms with Gasteiger partial charge in [-0.2, -0.15) is 0 Å². The van der Waals surface area contributed by atoms with E-state index in [2.05, 4.69) is 6.92 Å². The van der Waals surface area contributed by atoms with E-state index in [-0.39, 0.29) is 12.4 Å². The molecule has 0 bridgehead atoms. The number of nitrogens with two attached hydrogens (primary N) is 1. The van der Waals surface area contributed by atoms with Gasteiger partial charge in [0.1, 0.15) is 0 Å². The van der Waals surface area contributed by atoms with E-state index in [4.69, 9.17) is 10.5 Å². The number of halogens is 1. The second-order valence-corrected chi connectivity index (χ2v) is 2.50. The highest BCUT2D eigenvalue weighted by Crippen LogP contribution is 2.10. The third-order valence-electron chi connectivity index (χ3n) is 1.71. The summed E-state index contributed by atoms with van der Waals surface area (Å²) in [4.78, 5) is 0. The van der Waals surface area contributed by atoms with Gasteiger partial charge >= 0.3 is 0 Å². The SMILES string of the molecule is C[C@H]1COCC[C@H]1N.Cl. The van der Waals surface area contributed by atoms with E-state index in [0.29, 0.717) is 12.0 Å². The number of rotatable bonds is 0. The molecule has 3 heteroatoms. The molecule has 0 aromatic rings. The first-order valence-electron chi connectivity index (χ1n) is 3.14. The van der Waals surface area contributed by atoms with Gasteiger partial charge in [-0.05, 0) is 12.3 Å². The Balaban J connectivity index is 0.000000640. The topological polar surface area (TPSA) is 35.2 Å². The molecule has 1 saturated heterocycles. The van der Waals surface area contributed by atoms with E-state index in [1.807, 2.05) is 0 Å². The first-order valence-corrected chi connectivity index (χ1v) is 3.14. The Morgan fingerprint density at radius 1 is 1.56 bits per heavy atom. The third kappa shape index (κ3) is 2.52. The summed E-state index contributed by atoms with van der Waals surface area (Å²) in [7, 11) is 0. The molecule has 0 amide bonds. The Hall–Kier alpha value is 0.210. The third-order valence-corrected chi connectivity index (χ3v) is 1.71. The van der Waals surface area contributed by atoms with Gasteiger partial charge in [0.15, 0.2) is 0 Å². The van der Waals surface area contributed by atoms with Crippen LogP contribution >= 0.6 is 12.4 Å². The van der Waals surface area contributed by atoms with E-state index < -0.39 is 0 Å². The van der Waals surface area contributed by atoms with Crippen molar-refractivity contribution in [1.82, 2.24) is 0 Å². The fourth-order valence-corrected chi connectivity index (χ4v) is 0.897. The van der Waals surface area contributed by atoms with E-state index in [9.17, 15) is 0 Å². The van der Waals surface area contributed by atoms with Crippen LogP contribution in [0.25, 0.3) is 0 Å². The van der Waals surface area contributed by atoms with E-state index in [1.165, 1.54) is 0 Å². The quantitative estimate of drug-likeness (QED) is 0.556. The first kappa shape index (κ1) is 9.21. The Kier molecular flexibility index (Phi) is 4.19. The van der Waals surface area contributed by atoms with Crippen molar-refractivity contribution in [2.24, 2.45) is 11.7 Å². The van der Waals surface area contributed by atoms with Crippen molar-refractivity contribution < 1.29 is 4.74 Å². The molecule has 0 aliphatic carbocycles. The Morgan fingerprint density at radius 3 is 2.56 bits per heavy atom. The smallest absolute Gasteiger partial charge is 0.0506 e. The molecule has 56 valence electrons. The van der Waals surface area contributed by atoms with Gasteiger partial charge in [0.25, 0.3) is 0 Å². The van der Waals surface area contributed by atoms with Crippen LogP contribution in [0.1, 0.15) is 13.3 Å². The molecule has 1 heterocycles. The fourth-order valence-electron chi connectivity index (χ4n) is 0.897. The van der Waals surface area contributed by atoms with Gasteiger partial charge in [-0.3, -0.25) is 0 Å².